The van der Waals surface area contributed by atoms with E-state index < -0.39 is 4.92 Å². The van der Waals surface area contributed by atoms with E-state index in [1.807, 2.05) is 47.6 Å². The van der Waals surface area contributed by atoms with Gasteiger partial charge in [-0.3, -0.25) is 19.9 Å². The van der Waals surface area contributed by atoms with Crippen LogP contribution in [0, 0.1) is 24.0 Å². The van der Waals surface area contributed by atoms with Crippen LogP contribution in [0.15, 0.2) is 48.7 Å². The number of hydrogen-bond donors (Lipinski definition) is 1. The number of benzene rings is 1. The maximum atomic E-state index is 11.9. The number of thiocarbonyl (C=S) groups is 1. The van der Waals surface area contributed by atoms with Gasteiger partial charge in [0.2, 0.25) is 0 Å². The summed E-state index contributed by atoms with van der Waals surface area (Å²) in [6.07, 6.45) is 1.90. The number of carbonyl (C=O) groups is 1. The van der Waals surface area contributed by atoms with Crippen molar-refractivity contribution < 1.29 is 19.2 Å². The molecule has 1 aliphatic rings. The number of nitrogens with zero attached hydrogens (tertiary/aromatic N) is 4. The van der Waals surface area contributed by atoms with Gasteiger partial charge in [-0.05, 0) is 55.9 Å². The molecule has 0 saturated carbocycles. The topological polar surface area (TPSA) is 112 Å². The number of non-ortho nitro benzene ring substituents is 1. The van der Waals surface area contributed by atoms with Gasteiger partial charge in [0.25, 0.3) is 5.69 Å². The number of nitro groups is 1. The van der Waals surface area contributed by atoms with Crippen molar-refractivity contribution in [2.45, 2.75) is 32.4 Å². The Labute approximate surface area is 214 Å². The minimum absolute atomic E-state index is 0.0328. The van der Waals surface area contributed by atoms with Crippen LogP contribution in [-0.4, -0.2) is 51.2 Å². The highest BCUT2D eigenvalue weighted by Crippen LogP contribution is 2.42. The van der Waals surface area contributed by atoms with Gasteiger partial charge in [0.05, 0.1) is 49.0 Å². The number of aromatic nitrogens is 2. The van der Waals surface area contributed by atoms with Crippen LogP contribution in [0.5, 0.6) is 5.75 Å². The summed E-state index contributed by atoms with van der Waals surface area (Å²) >= 11 is 5.68. The standard InChI is InChI=1S/C25H27N5O5S/c1-15-13-18(16(2)29(15)20-14-17(30(32)33)8-9-21(20)34-3)24-23(19-7-5-6-11-26-19)27-25(36)28(24)12-10-22(31)35-4/h5-9,11,13-14,23-24H,10,12H2,1-4H3,(H,27,36)/t23-,24+/m0/s1. The predicted octanol–water partition coefficient (Wildman–Crippen LogP) is 3.94. The predicted molar refractivity (Wildman–Crippen MR) is 137 cm³/mol. The molecule has 10 nitrogen and oxygen atoms in total. The smallest absolute Gasteiger partial charge is 0.307 e. The molecule has 3 heterocycles. The van der Waals surface area contributed by atoms with Gasteiger partial charge in [-0.25, -0.2) is 0 Å². The number of carbonyl (C=O) groups excluding carboxylic acids is 1. The van der Waals surface area contributed by atoms with Gasteiger partial charge in [-0.15, -0.1) is 0 Å². The van der Waals surface area contributed by atoms with E-state index in [0.29, 0.717) is 23.1 Å². The summed E-state index contributed by atoms with van der Waals surface area (Å²) in [5.74, 6) is 0.183. The summed E-state index contributed by atoms with van der Waals surface area (Å²) in [6.45, 7) is 4.25. The first-order chi connectivity index (χ1) is 17.3. The average Bonchev–Trinajstić information content (AvgIpc) is 3.36. The Kier molecular flexibility index (Phi) is 7.20. The first-order valence-corrected chi connectivity index (χ1v) is 11.7. The molecule has 188 valence electrons. The van der Waals surface area contributed by atoms with Crippen molar-refractivity contribution in [3.63, 3.8) is 0 Å². The second kappa shape index (κ2) is 10.3. The van der Waals surface area contributed by atoms with Crippen molar-refractivity contribution in [2.24, 2.45) is 0 Å². The summed E-state index contributed by atoms with van der Waals surface area (Å²) in [5, 5.41) is 15.4. The Hall–Kier alpha value is -3.99. The quantitative estimate of drug-likeness (QED) is 0.209. The summed E-state index contributed by atoms with van der Waals surface area (Å²) in [7, 11) is 2.89. The summed E-state index contributed by atoms with van der Waals surface area (Å²) < 4.78 is 12.3. The average molecular weight is 510 g/mol. The minimum Gasteiger partial charge on any atom is -0.495 e. The zero-order chi connectivity index (χ0) is 26.0. The molecule has 1 N–H and O–H groups in total. The molecular formula is C25H27N5O5S. The number of ether oxygens (including phenoxy) is 2. The van der Waals surface area contributed by atoms with E-state index in [1.165, 1.54) is 26.4 Å². The van der Waals surface area contributed by atoms with Gasteiger partial charge >= 0.3 is 5.97 Å². The fraction of sp³-hybridized carbons (Fsp3) is 0.320. The van der Waals surface area contributed by atoms with E-state index in [1.54, 1.807) is 12.3 Å². The second-order valence-electron chi connectivity index (χ2n) is 8.42. The zero-order valence-electron chi connectivity index (χ0n) is 20.4. The molecule has 36 heavy (non-hydrogen) atoms. The molecule has 0 aliphatic carbocycles. The van der Waals surface area contributed by atoms with Crippen LogP contribution >= 0.6 is 12.2 Å². The lowest BCUT2D eigenvalue weighted by atomic mass is 9.96. The Bertz CT molecular complexity index is 1310. The normalized spacial score (nSPS) is 17.1. The Morgan fingerprint density at radius 1 is 1.22 bits per heavy atom. The van der Waals surface area contributed by atoms with E-state index in [9.17, 15) is 14.9 Å². The zero-order valence-corrected chi connectivity index (χ0v) is 21.2. The molecule has 2 atom stereocenters. The monoisotopic (exact) mass is 509 g/mol. The lowest BCUT2D eigenvalue weighted by Gasteiger charge is -2.28. The molecule has 0 bridgehead atoms. The minimum atomic E-state index is -0.428. The lowest BCUT2D eigenvalue weighted by Crippen LogP contribution is -2.32. The maximum absolute atomic E-state index is 11.9. The van der Waals surface area contributed by atoms with Crippen molar-refractivity contribution in [3.05, 3.63) is 81.4 Å². The third kappa shape index (κ3) is 4.61. The van der Waals surface area contributed by atoms with Crippen LogP contribution in [0.25, 0.3) is 5.69 Å². The van der Waals surface area contributed by atoms with Gasteiger partial charge < -0.3 is 24.3 Å². The van der Waals surface area contributed by atoms with Crippen LogP contribution in [0.2, 0.25) is 0 Å². The second-order valence-corrected chi connectivity index (χ2v) is 8.81. The molecule has 1 aromatic carbocycles. The van der Waals surface area contributed by atoms with E-state index in [-0.39, 0.29) is 30.2 Å². The molecule has 0 spiro atoms. The molecule has 0 unspecified atom stereocenters. The van der Waals surface area contributed by atoms with Gasteiger partial charge in [0.1, 0.15) is 5.75 Å². The van der Waals surface area contributed by atoms with E-state index in [2.05, 4.69) is 10.3 Å². The van der Waals surface area contributed by atoms with Crippen molar-refractivity contribution in [1.82, 2.24) is 19.8 Å². The summed E-state index contributed by atoms with van der Waals surface area (Å²) in [6, 6.07) is 11.7. The fourth-order valence-electron chi connectivity index (χ4n) is 4.72. The number of nitro benzene ring substituents is 1. The molecule has 4 rings (SSSR count). The SMILES string of the molecule is COC(=O)CCN1C(=S)N[C@@H](c2ccccn2)[C@H]1c1cc(C)n(-c2cc([N+](=O)[O-])ccc2OC)c1C. The highest BCUT2D eigenvalue weighted by Gasteiger charge is 2.41. The van der Waals surface area contributed by atoms with Crippen LogP contribution < -0.4 is 10.1 Å². The van der Waals surface area contributed by atoms with Gasteiger partial charge in [0.15, 0.2) is 5.11 Å². The lowest BCUT2D eigenvalue weighted by molar-refractivity contribution is -0.384. The number of esters is 1. The van der Waals surface area contributed by atoms with Crippen molar-refractivity contribution in [2.75, 3.05) is 20.8 Å². The van der Waals surface area contributed by atoms with Crippen LogP contribution in [0.4, 0.5) is 5.69 Å². The fourth-order valence-corrected chi connectivity index (χ4v) is 5.05. The number of rotatable bonds is 8. The molecule has 0 radical (unpaired) electrons. The Morgan fingerprint density at radius 2 is 2.00 bits per heavy atom. The number of aryl methyl sites for hydroxylation is 1. The third-order valence-electron chi connectivity index (χ3n) is 6.39. The van der Waals surface area contributed by atoms with Crippen LogP contribution in [0.1, 0.15) is 41.1 Å². The number of pyridine rings is 1. The van der Waals surface area contributed by atoms with Crippen molar-refractivity contribution in [1.29, 1.82) is 0 Å². The first kappa shape index (κ1) is 25.1. The number of hydrogen-bond acceptors (Lipinski definition) is 7. The number of methoxy groups -OCH3 is 2. The molecule has 3 aromatic rings. The first-order valence-electron chi connectivity index (χ1n) is 11.3. The van der Waals surface area contributed by atoms with Gasteiger partial charge in [-0.2, -0.15) is 0 Å². The van der Waals surface area contributed by atoms with Crippen LogP contribution in [-0.2, 0) is 9.53 Å². The molecular weight excluding hydrogens is 482 g/mol. The molecule has 11 heteroatoms. The molecule has 2 aromatic heterocycles. The van der Waals surface area contributed by atoms with Gasteiger partial charge in [0, 0.05) is 36.3 Å². The molecule has 1 saturated heterocycles. The Morgan fingerprint density at radius 3 is 2.64 bits per heavy atom. The Balaban J connectivity index is 1.85. The third-order valence-corrected chi connectivity index (χ3v) is 6.74. The van der Waals surface area contributed by atoms with Gasteiger partial charge in [-0.1, -0.05) is 6.07 Å². The molecule has 0 amide bonds. The number of nitrogens with one attached hydrogen (secondary N) is 1. The molecule has 1 aliphatic heterocycles. The molecule has 1 fully saturated rings. The van der Waals surface area contributed by atoms with Crippen LogP contribution in [0.3, 0.4) is 0 Å². The van der Waals surface area contributed by atoms with Crippen molar-refractivity contribution >= 4 is 29.0 Å². The van der Waals surface area contributed by atoms with E-state index in [4.69, 9.17) is 21.7 Å². The van der Waals surface area contributed by atoms with E-state index >= 15 is 0 Å². The highest BCUT2D eigenvalue weighted by molar-refractivity contribution is 7.80. The largest absolute Gasteiger partial charge is 0.495 e. The van der Waals surface area contributed by atoms with Crippen molar-refractivity contribution in [3.8, 4) is 11.4 Å². The highest BCUT2D eigenvalue weighted by atomic mass is 32.1. The summed E-state index contributed by atoms with van der Waals surface area (Å²) in [5.41, 5.74) is 4.03. The summed E-state index contributed by atoms with van der Waals surface area (Å²) in [4.78, 5) is 29.5. The maximum Gasteiger partial charge on any atom is 0.307 e. The van der Waals surface area contributed by atoms with E-state index in [0.717, 1.165) is 22.6 Å².